The van der Waals surface area contributed by atoms with Crippen LogP contribution >= 0.6 is 0 Å². The number of nitrogens with one attached hydrogen (secondary N) is 2. The van der Waals surface area contributed by atoms with E-state index in [2.05, 4.69) is 30.5 Å². The Morgan fingerprint density at radius 1 is 1.23 bits per heavy atom. The van der Waals surface area contributed by atoms with Crippen molar-refractivity contribution in [1.82, 2.24) is 24.7 Å². The second-order valence-corrected chi connectivity index (χ2v) is 8.19. The van der Waals surface area contributed by atoms with E-state index in [9.17, 15) is 9.18 Å². The molecule has 1 saturated heterocycles. The molecule has 1 saturated carbocycles. The molecule has 2 fully saturated rings. The maximum absolute atomic E-state index is 14.2. The number of aromatic nitrogens is 4. The third-order valence-corrected chi connectivity index (χ3v) is 5.64. The number of carbonyl (C=O) groups is 1. The quantitative estimate of drug-likeness (QED) is 0.650. The first-order valence-electron chi connectivity index (χ1n) is 10.3. The smallest absolute Gasteiger partial charge is 0.275 e. The molecule has 2 N–H and O–H groups in total. The SMILES string of the molecule is Cc1cn2cc(NC(=O)c3cnc(N4CC[C@@H](CNC5CC5)C4)cn3)cc(F)c2n1. The first kappa shape index (κ1) is 18.9. The minimum Gasteiger partial charge on any atom is -0.355 e. The van der Waals surface area contributed by atoms with Crippen LogP contribution in [0.15, 0.2) is 30.9 Å². The van der Waals surface area contributed by atoms with Crippen LogP contribution in [0.25, 0.3) is 5.65 Å². The van der Waals surface area contributed by atoms with Crippen molar-refractivity contribution in [3.63, 3.8) is 0 Å². The van der Waals surface area contributed by atoms with Crippen molar-refractivity contribution in [2.75, 3.05) is 29.9 Å². The predicted octanol–water partition coefficient (Wildman–Crippen LogP) is 2.40. The monoisotopic (exact) mass is 409 g/mol. The van der Waals surface area contributed by atoms with Gasteiger partial charge in [-0.1, -0.05) is 0 Å². The largest absolute Gasteiger partial charge is 0.355 e. The Hall–Kier alpha value is -3.07. The van der Waals surface area contributed by atoms with Crippen molar-refractivity contribution >= 4 is 23.1 Å². The summed E-state index contributed by atoms with van der Waals surface area (Å²) in [7, 11) is 0. The average Bonchev–Trinajstić information content (AvgIpc) is 3.30. The predicted molar refractivity (Wildman–Crippen MR) is 111 cm³/mol. The number of amides is 1. The third-order valence-electron chi connectivity index (χ3n) is 5.64. The Labute approximate surface area is 173 Å². The van der Waals surface area contributed by atoms with Gasteiger partial charge in [0.05, 0.1) is 23.8 Å². The molecule has 1 amide bonds. The first-order valence-corrected chi connectivity index (χ1v) is 10.3. The molecule has 1 aliphatic carbocycles. The minimum absolute atomic E-state index is 0.187. The normalized spacial score (nSPS) is 18.9. The van der Waals surface area contributed by atoms with Gasteiger partial charge in [-0.2, -0.15) is 0 Å². The molecule has 9 heteroatoms. The van der Waals surface area contributed by atoms with E-state index >= 15 is 0 Å². The number of nitrogens with zero attached hydrogens (tertiary/aromatic N) is 5. The summed E-state index contributed by atoms with van der Waals surface area (Å²) in [6.45, 7) is 4.73. The number of pyridine rings is 1. The number of hydrogen-bond donors (Lipinski definition) is 2. The van der Waals surface area contributed by atoms with Crippen molar-refractivity contribution in [2.45, 2.75) is 32.2 Å². The fraction of sp³-hybridized carbons (Fsp3) is 0.429. The summed E-state index contributed by atoms with van der Waals surface area (Å²) in [5.74, 6) is 0.466. The molecule has 0 aromatic carbocycles. The van der Waals surface area contributed by atoms with Gasteiger partial charge in [-0.15, -0.1) is 0 Å². The van der Waals surface area contributed by atoms with Crippen LogP contribution in [0.1, 0.15) is 35.4 Å². The maximum Gasteiger partial charge on any atom is 0.275 e. The molecular weight excluding hydrogens is 385 g/mol. The van der Waals surface area contributed by atoms with Crippen molar-refractivity contribution in [2.24, 2.45) is 5.92 Å². The highest BCUT2D eigenvalue weighted by Crippen LogP contribution is 2.24. The minimum atomic E-state index is -0.498. The molecular formula is C21H24FN7O. The molecule has 4 heterocycles. The molecule has 3 aromatic heterocycles. The third kappa shape index (κ3) is 3.97. The Balaban J connectivity index is 1.22. The van der Waals surface area contributed by atoms with E-state index < -0.39 is 11.7 Å². The summed E-state index contributed by atoms with van der Waals surface area (Å²) >= 11 is 0. The summed E-state index contributed by atoms with van der Waals surface area (Å²) < 4.78 is 15.8. The van der Waals surface area contributed by atoms with Gasteiger partial charge in [0.1, 0.15) is 11.5 Å². The second-order valence-electron chi connectivity index (χ2n) is 8.19. The van der Waals surface area contributed by atoms with Gasteiger partial charge in [-0.05, 0) is 38.6 Å². The lowest BCUT2D eigenvalue weighted by Crippen LogP contribution is -2.28. The van der Waals surface area contributed by atoms with Gasteiger partial charge >= 0.3 is 0 Å². The molecule has 5 rings (SSSR count). The van der Waals surface area contributed by atoms with Crippen LogP contribution in [0.3, 0.4) is 0 Å². The fourth-order valence-electron chi connectivity index (χ4n) is 3.87. The van der Waals surface area contributed by atoms with Gasteiger partial charge in [0.25, 0.3) is 5.91 Å². The number of carbonyl (C=O) groups excluding carboxylic acids is 1. The van der Waals surface area contributed by atoms with E-state index in [1.807, 2.05) is 0 Å². The molecule has 0 unspecified atom stereocenters. The van der Waals surface area contributed by atoms with Gasteiger partial charge in [0.15, 0.2) is 11.5 Å². The molecule has 1 atom stereocenters. The highest BCUT2D eigenvalue weighted by atomic mass is 19.1. The lowest BCUT2D eigenvalue weighted by atomic mass is 10.1. The number of anilines is 2. The van der Waals surface area contributed by atoms with Crippen LogP contribution in [0.4, 0.5) is 15.9 Å². The molecule has 156 valence electrons. The van der Waals surface area contributed by atoms with E-state index in [1.54, 1.807) is 29.9 Å². The Morgan fingerprint density at radius 2 is 2.10 bits per heavy atom. The number of rotatable bonds is 6. The Kier molecular flexibility index (Phi) is 4.82. The van der Waals surface area contributed by atoms with E-state index in [0.717, 1.165) is 37.9 Å². The van der Waals surface area contributed by atoms with Crippen LogP contribution in [0.5, 0.6) is 0 Å². The van der Waals surface area contributed by atoms with E-state index in [-0.39, 0.29) is 11.3 Å². The summed E-state index contributed by atoms with van der Waals surface area (Å²) in [5.41, 5.74) is 1.45. The molecule has 2 aliphatic rings. The molecule has 30 heavy (non-hydrogen) atoms. The molecule has 8 nitrogen and oxygen atoms in total. The van der Waals surface area contributed by atoms with Crippen molar-refractivity contribution < 1.29 is 9.18 Å². The molecule has 1 aliphatic heterocycles. The lowest BCUT2D eigenvalue weighted by molar-refractivity contribution is 0.102. The van der Waals surface area contributed by atoms with Crippen LogP contribution in [0, 0.1) is 18.7 Å². The van der Waals surface area contributed by atoms with Crippen molar-refractivity contribution in [1.29, 1.82) is 0 Å². The van der Waals surface area contributed by atoms with Crippen LogP contribution in [-0.4, -0.2) is 50.9 Å². The highest BCUT2D eigenvalue weighted by Gasteiger charge is 2.27. The number of halogens is 1. The number of fused-ring (bicyclic) bond motifs is 1. The van der Waals surface area contributed by atoms with Crippen LogP contribution in [-0.2, 0) is 0 Å². The second kappa shape index (κ2) is 7.64. The zero-order valence-electron chi connectivity index (χ0n) is 16.8. The number of imidazole rings is 1. The summed E-state index contributed by atoms with van der Waals surface area (Å²) in [5, 5.41) is 6.26. The molecule has 0 bridgehead atoms. The highest BCUT2D eigenvalue weighted by molar-refractivity contribution is 6.02. The lowest BCUT2D eigenvalue weighted by Gasteiger charge is -2.17. The van der Waals surface area contributed by atoms with Gasteiger partial charge in [0, 0.05) is 37.6 Å². The summed E-state index contributed by atoms with van der Waals surface area (Å²) in [4.78, 5) is 27.5. The molecule has 0 spiro atoms. The zero-order valence-corrected chi connectivity index (χ0v) is 16.8. The Bertz CT molecular complexity index is 1080. The van der Waals surface area contributed by atoms with Gasteiger partial charge in [-0.3, -0.25) is 4.79 Å². The van der Waals surface area contributed by atoms with Gasteiger partial charge < -0.3 is 19.9 Å². The van der Waals surface area contributed by atoms with Crippen LogP contribution < -0.4 is 15.5 Å². The van der Waals surface area contributed by atoms with Gasteiger partial charge in [-0.25, -0.2) is 19.3 Å². The zero-order chi connectivity index (χ0) is 20.7. The van der Waals surface area contributed by atoms with Crippen molar-refractivity contribution in [3.8, 4) is 0 Å². The van der Waals surface area contributed by atoms with Crippen molar-refractivity contribution in [3.05, 3.63) is 48.1 Å². The Morgan fingerprint density at radius 3 is 2.87 bits per heavy atom. The summed E-state index contributed by atoms with van der Waals surface area (Å²) in [6, 6.07) is 1.98. The molecule has 0 radical (unpaired) electrons. The first-order chi connectivity index (χ1) is 14.5. The number of aryl methyl sites for hydroxylation is 1. The fourth-order valence-corrected chi connectivity index (χ4v) is 3.87. The standard InChI is InChI=1S/C21H24FN7O/c1-13-10-29-12-16(6-17(22)20(29)26-13)27-21(30)18-8-25-19(9-24-18)28-5-4-14(11-28)7-23-15-2-3-15/h6,8-10,12,14-15,23H,2-5,7,11H2,1H3,(H,27,30)/t14-/m0/s1. The topological polar surface area (TPSA) is 87.5 Å². The van der Waals surface area contributed by atoms with Gasteiger partial charge in [0.2, 0.25) is 0 Å². The van der Waals surface area contributed by atoms with E-state index in [1.165, 1.54) is 25.1 Å². The number of hydrogen-bond acceptors (Lipinski definition) is 6. The average molecular weight is 409 g/mol. The summed E-state index contributed by atoms with van der Waals surface area (Å²) in [6.07, 6.45) is 10.2. The van der Waals surface area contributed by atoms with Crippen LogP contribution in [0.2, 0.25) is 0 Å². The van der Waals surface area contributed by atoms with E-state index in [4.69, 9.17) is 0 Å². The van der Waals surface area contributed by atoms with E-state index in [0.29, 0.717) is 17.3 Å². The maximum atomic E-state index is 14.2. The molecule has 3 aromatic rings.